The molecule has 0 radical (unpaired) electrons. The number of H-pyrrole nitrogens is 1. The highest BCUT2D eigenvalue weighted by Crippen LogP contribution is 2.25. The Bertz CT molecular complexity index is 1270. The Labute approximate surface area is 186 Å². The van der Waals surface area contributed by atoms with Gasteiger partial charge in [-0.25, -0.2) is 4.98 Å². The van der Waals surface area contributed by atoms with E-state index in [0.717, 1.165) is 40.7 Å². The number of carbonyl (C=O) groups excluding carboxylic acids is 2. The molecule has 0 spiro atoms. The van der Waals surface area contributed by atoms with Crippen LogP contribution >= 0.6 is 0 Å². The fourth-order valence-electron chi connectivity index (χ4n) is 4.25. The highest BCUT2D eigenvalue weighted by molar-refractivity contribution is 5.95. The summed E-state index contributed by atoms with van der Waals surface area (Å²) in [5.74, 6) is 0.0244. The quantitative estimate of drug-likeness (QED) is 0.487. The number of aromatic nitrogens is 2. The minimum atomic E-state index is -0.305. The fourth-order valence-corrected chi connectivity index (χ4v) is 4.25. The van der Waals surface area contributed by atoms with Gasteiger partial charge in [0.1, 0.15) is 0 Å². The molecule has 4 aromatic rings. The molecule has 5 rings (SSSR count). The number of amides is 2. The molecule has 2 N–H and O–H groups in total. The van der Waals surface area contributed by atoms with Gasteiger partial charge < -0.3 is 15.2 Å². The highest BCUT2D eigenvalue weighted by Gasteiger charge is 2.21. The third-order valence-corrected chi connectivity index (χ3v) is 5.92. The van der Waals surface area contributed by atoms with Crippen LogP contribution in [-0.2, 0) is 11.3 Å². The summed E-state index contributed by atoms with van der Waals surface area (Å²) < 4.78 is 0. The summed E-state index contributed by atoms with van der Waals surface area (Å²) in [7, 11) is 0. The lowest BCUT2D eigenvalue weighted by molar-refractivity contribution is -0.128. The molecule has 1 unspecified atom stereocenters. The van der Waals surface area contributed by atoms with Gasteiger partial charge in [0, 0.05) is 25.1 Å². The molecule has 0 saturated carbocycles. The molecule has 1 aromatic heterocycles. The summed E-state index contributed by atoms with van der Waals surface area (Å²) in [6.45, 7) is 1.32. The van der Waals surface area contributed by atoms with E-state index in [9.17, 15) is 9.59 Å². The number of likely N-dealkylation sites (tertiary alicyclic amines) is 1. The summed E-state index contributed by atoms with van der Waals surface area (Å²) in [5.41, 5.74) is 5.32. The second-order valence-electron chi connectivity index (χ2n) is 8.12. The van der Waals surface area contributed by atoms with Gasteiger partial charge in [-0.3, -0.25) is 9.59 Å². The Morgan fingerprint density at radius 1 is 1.03 bits per heavy atom. The Morgan fingerprint density at radius 2 is 1.91 bits per heavy atom. The normalized spacial score (nSPS) is 14.6. The highest BCUT2D eigenvalue weighted by atomic mass is 16.2. The first kappa shape index (κ1) is 20.0. The van der Waals surface area contributed by atoms with Crippen molar-refractivity contribution in [2.24, 2.45) is 0 Å². The lowest BCUT2D eigenvalue weighted by Gasteiger charge is -2.21. The molecule has 0 bridgehead atoms. The average molecular weight is 425 g/mol. The molecule has 0 aliphatic carbocycles. The molecule has 2 heterocycles. The molecule has 1 aliphatic heterocycles. The van der Waals surface area contributed by atoms with Crippen LogP contribution in [0.3, 0.4) is 0 Å². The van der Waals surface area contributed by atoms with Crippen LogP contribution in [0.4, 0.5) is 0 Å². The number of rotatable bonds is 6. The van der Waals surface area contributed by atoms with Gasteiger partial charge in [-0.2, -0.15) is 0 Å². The number of aromatic amines is 1. The van der Waals surface area contributed by atoms with Gasteiger partial charge in [-0.15, -0.1) is 0 Å². The van der Waals surface area contributed by atoms with E-state index in [1.54, 1.807) is 6.33 Å². The number of nitrogens with zero attached hydrogens (tertiary/aromatic N) is 2. The maximum atomic E-state index is 13.3. The number of fused-ring (bicyclic) bond motifs is 1. The molecule has 1 aliphatic rings. The first-order valence-electron chi connectivity index (χ1n) is 10.8. The van der Waals surface area contributed by atoms with E-state index < -0.39 is 0 Å². The summed E-state index contributed by atoms with van der Waals surface area (Å²) >= 11 is 0. The SMILES string of the molecule is O=C(NC(c1ccccc1)c1ccc2nc[nH]c2c1)c1cccc(CN2CCCC2=O)c1. The number of benzene rings is 3. The molecule has 2 amide bonds. The topological polar surface area (TPSA) is 78.1 Å². The maximum absolute atomic E-state index is 13.3. The number of imidazole rings is 1. The molecular weight excluding hydrogens is 400 g/mol. The van der Waals surface area contributed by atoms with Crippen LogP contribution in [0.2, 0.25) is 0 Å². The van der Waals surface area contributed by atoms with E-state index in [0.29, 0.717) is 18.5 Å². The Balaban J connectivity index is 1.41. The van der Waals surface area contributed by atoms with Gasteiger partial charge in [0.15, 0.2) is 0 Å². The maximum Gasteiger partial charge on any atom is 0.252 e. The van der Waals surface area contributed by atoms with Gasteiger partial charge in [-0.05, 0) is 47.4 Å². The predicted octanol–water partition coefficient (Wildman–Crippen LogP) is 4.20. The van der Waals surface area contributed by atoms with E-state index in [1.807, 2.05) is 77.7 Å². The van der Waals surface area contributed by atoms with Crippen LogP contribution in [0.1, 0.15) is 45.9 Å². The molecule has 160 valence electrons. The van der Waals surface area contributed by atoms with E-state index in [2.05, 4.69) is 15.3 Å². The molecule has 1 atom stereocenters. The zero-order chi connectivity index (χ0) is 21.9. The Hall–Kier alpha value is -3.93. The second kappa shape index (κ2) is 8.67. The van der Waals surface area contributed by atoms with E-state index in [1.165, 1.54) is 0 Å². The largest absolute Gasteiger partial charge is 0.345 e. The van der Waals surface area contributed by atoms with E-state index >= 15 is 0 Å². The van der Waals surface area contributed by atoms with Gasteiger partial charge in [0.05, 0.1) is 23.4 Å². The number of carbonyl (C=O) groups is 2. The lowest BCUT2D eigenvalue weighted by Crippen LogP contribution is -2.29. The molecule has 1 fully saturated rings. The fraction of sp³-hybridized carbons (Fsp3) is 0.192. The van der Waals surface area contributed by atoms with E-state index in [4.69, 9.17) is 0 Å². The van der Waals surface area contributed by atoms with Crippen molar-refractivity contribution in [3.8, 4) is 0 Å². The van der Waals surface area contributed by atoms with Crippen LogP contribution in [0, 0.1) is 0 Å². The zero-order valence-corrected chi connectivity index (χ0v) is 17.6. The second-order valence-corrected chi connectivity index (χ2v) is 8.12. The third-order valence-electron chi connectivity index (χ3n) is 5.92. The zero-order valence-electron chi connectivity index (χ0n) is 17.6. The van der Waals surface area contributed by atoms with Gasteiger partial charge >= 0.3 is 0 Å². The molecule has 32 heavy (non-hydrogen) atoms. The standard InChI is InChI=1S/C26H24N4O2/c31-24-10-5-13-30(24)16-18-6-4-9-21(14-18)26(32)29-25(19-7-2-1-3-8-19)20-11-12-22-23(15-20)28-17-27-22/h1-4,6-9,11-12,14-15,17,25H,5,10,13,16H2,(H,27,28)(H,29,32). The summed E-state index contributed by atoms with van der Waals surface area (Å²) in [5, 5.41) is 3.20. The monoisotopic (exact) mass is 424 g/mol. The van der Waals surface area contributed by atoms with Crippen LogP contribution in [0.5, 0.6) is 0 Å². The van der Waals surface area contributed by atoms with E-state index in [-0.39, 0.29) is 17.9 Å². The summed E-state index contributed by atoms with van der Waals surface area (Å²) in [6.07, 6.45) is 3.18. The summed E-state index contributed by atoms with van der Waals surface area (Å²) in [6, 6.07) is 23.1. The lowest BCUT2D eigenvalue weighted by atomic mass is 9.97. The first-order chi connectivity index (χ1) is 15.7. The molecule has 6 nitrogen and oxygen atoms in total. The van der Waals surface area contributed by atoms with Gasteiger partial charge in [0.2, 0.25) is 5.91 Å². The van der Waals surface area contributed by atoms with Crippen molar-refractivity contribution in [1.82, 2.24) is 20.2 Å². The molecule has 1 saturated heterocycles. The van der Waals surface area contributed by atoms with Crippen LogP contribution in [-0.4, -0.2) is 33.2 Å². The number of hydrogen-bond acceptors (Lipinski definition) is 3. The van der Waals surface area contributed by atoms with Crippen molar-refractivity contribution in [2.75, 3.05) is 6.54 Å². The third kappa shape index (κ3) is 4.12. The van der Waals surface area contributed by atoms with Crippen molar-refractivity contribution < 1.29 is 9.59 Å². The van der Waals surface area contributed by atoms with Gasteiger partial charge in [-0.1, -0.05) is 48.5 Å². The van der Waals surface area contributed by atoms with Crippen molar-refractivity contribution in [1.29, 1.82) is 0 Å². The molecule has 6 heteroatoms. The molecular formula is C26H24N4O2. The number of hydrogen-bond donors (Lipinski definition) is 2. The molecule has 3 aromatic carbocycles. The van der Waals surface area contributed by atoms with Crippen LogP contribution < -0.4 is 5.32 Å². The average Bonchev–Trinajstić information content (AvgIpc) is 3.46. The minimum absolute atomic E-state index is 0.154. The van der Waals surface area contributed by atoms with Crippen molar-refractivity contribution in [3.63, 3.8) is 0 Å². The summed E-state index contributed by atoms with van der Waals surface area (Å²) in [4.78, 5) is 34.5. The van der Waals surface area contributed by atoms with Crippen molar-refractivity contribution >= 4 is 22.8 Å². The predicted molar refractivity (Wildman–Crippen MR) is 123 cm³/mol. The Kier molecular flexibility index (Phi) is 5.42. The van der Waals surface area contributed by atoms with Crippen molar-refractivity contribution in [3.05, 3.63) is 101 Å². The first-order valence-corrected chi connectivity index (χ1v) is 10.8. The van der Waals surface area contributed by atoms with Crippen molar-refractivity contribution in [2.45, 2.75) is 25.4 Å². The number of nitrogens with one attached hydrogen (secondary N) is 2. The van der Waals surface area contributed by atoms with Crippen LogP contribution in [0.25, 0.3) is 11.0 Å². The van der Waals surface area contributed by atoms with Gasteiger partial charge in [0.25, 0.3) is 5.91 Å². The van der Waals surface area contributed by atoms with Crippen LogP contribution in [0.15, 0.2) is 79.1 Å². The Morgan fingerprint density at radius 3 is 2.72 bits per heavy atom. The smallest absolute Gasteiger partial charge is 0.252 e. The minimum Gasteiger partial charge on any atom is -0.345 e.